The van der Waals surface area contributed by atoms with Crippen LogP contribution in [0.4, 0.5) is 0 Å². The van der Waals surface area contributed by atoms with Gasteiger partial charge in [-0.25, -0.2) is 0 Å². The molecule has 2 aromatic rings. The van der Waals surface area contributed by atoms with Crippen molar-refractivity contribution in [1.82, 2.24) is 4.90 Å². The van der Waals surface area contributed by atoms with Crippen LogP contribution in [0.3, 0.4) is 0 Å². The van der Waals surface area contributed by atoms with E-state index in [0.717, 1.165) is 4.88 Å². The fraction of sp³-hybridized carbons (Fsp3) is 0.294. The number of amides is 1. The Kier molecular flexibility index (Phi) is 6.17. The molecule has 0 spiro atoms. The first-order valence-corrected chi connectivity index (χ1v) is 8.24. The Balaban J connectivity index is 2.02. The summed E-state index contributed by atoms with van der Waals surface area (Å²) in [6, 6.07) is 10.9. The van der Waals surface area contributed by atoms with Crippen LogP contribution in [0.5, 0.6) is 5.75 Å². The highest BCUT2D eigenvalue weighted by Gasteiger charge is 2.15. The number of thiophene rings is 1. The van der Waals surface area contributed by atoms with Gasteiger partial charge in [-0.3, -0.25) is 9.59 Å². The number of aliphatic carboxylic acids is 1. The van der Waals surface area contributed by atoms with Gasteiger partial charge in [0.05, 0.1) is 6.42 Å². The van der Waals surface area contributed by atoms with Crippen LogP contribution in [0.1, 0.15) is 28.6 Å². The third-order valence-corrected chi connectivity index (χ3v) is 4.16. The average Bonchev–Trinajstić information content (AvgIpc) is 3.07. The molecule has 6 heteroatoms. The Morgan fingerprint density at radius 3 is 2.74 bits per heavy atom. The maximum Gasteiger partial charge on any atom is 0.305 e. The molecule has 1 N–H and O–H groups in total. The van der Waals surface area contributed by atoms with E-state index >= 15 is 0 Å². The first-order valence-electron chi connectivity index (χ1n) is 7.36. The topological polar surface area (TPSA) is 66.8 Å². The predicted molar refractivity (Wildman–Crippen MR) is 88.9 cm³/mol. The van der Waals surface area contributed by atoms with E-state index in [2.05, 4.69) is 0 Å². The van der Waals surface area contributed by atoms with Crippen LogP contribution in [0.15, 0.2) is 41.8 Å². The Morgan fingerprint density at radius 2 is 2.09 bits per heavy atom. The lowest BCUT2D eigenvalue weighted by Gasteiger charge is -2.20. The second-order valence-corrected chi connectivity index (χ2v) is 5.96. The standard InChI is InChI=1S/C17H19NO4S/c1-2-18(9-8-16(19)20)17(21)13-5-3-6-14(11-13)22-12-15-7-4-10-23-15/h3-7,10-11H,2,8-9,12H2,1H3,(H,19,20). The summed E-state index contributed by atoms with van der Waals surface area (Å²) in [7, 11) is 0. The number of hydrogen-bond acceptors (Lipinski definition) is 4. The highest BCUT2D eigenvalue weighted by Crippen LogP contribution is 2.18. The number of nitrogens with zero attached hydrogens (tertiary/aromatic N) is 1. The average molecular weight is 333 g/mol. The Morgan fingerprint density at radius 1 is 1.26 bits per heavy atom. The third-order valence-electron chi connectivity index (χ3n) is 3.31. The predicted octanol–water partition coefficient (Wildman–Crippen LogP) is 3.26. The van der Waals surface area contributed by atoms with Crippen molar-refractivity contribution in [2.75, 3.05) is 13.1 Å². The first kappa shape index (κ1) is 17.0. The van der Waals surface area contributed by atoms with Gasteiger partial charge in [-0.2, -0.15) is 0 Å². The van der Waals surface area contributed by atoms with E-state index in [1.807, 2.05) is 24.4 Å². The molecule has 23 heavy (non-hydrogen) atoms. The summed E-state index contributed by atoms with van der Waals surface area (Å²) in [5.74, 6) is -0.474. The highest BCUT2D eigenvalue weighted by atomic mass is 32.1. The Hall–Kier alpha value is -2.34. The van der Waals surface area contributed by atoms with E-state index in [-0.39, 0.29) is 18.9 Å². The molecule has 1 heterocycles. The number of ether oxygens (including phenoxy) is 1. The summed E-state index contributed by atoms with van der Waals surface area (Å²) < 4.78 is 5.70. The molecule has 1 aromatic heterocycles. The van der Waals surface area contributed by atoms with Crippen molar-refractivity contribution in [3.63, 3.8) is 0 Å². The monoisotopic (exact) mass is 333 g/mol. The van der Waals surface area contributed by atoms with Crippen LogP contribution in [-0.2, 0) is 11.4 Å². The van der Waals surface area contributed by atoms with E-state index in [0.29, 0.717) is 24.5 Å². The molecule has 0 saturated carbocycles. The second kappa shape index (κ2) is 8.33. The molecule has 0 bridgehead atoms. The van der Waals surface area contributed by atoms with Gasteiger partial charge < -0.3 is 14.7 Å². The fourth-order valence-corrected chi connectivity index (χ4v) is 2.70. The zero-order chi connectivity index (χ0) is 16.7. The molecular weight excluding hydrogens is 314 g/mol. The molecule has 1 aromatic carbocycles. The van der Waals surface area contributed by atoms with Crippen molar-refractivity contribution in [2.24, 2.45) is 0 Å². The van der Waals surface area contributed by atoms with Crippen molar-refractivity contribution in [1.29, 1.82) is 0 Å². The molecule has 0 aliphatic carbocycles. The summed E-state index contributed by atoms with van der Waals surface area (Å²) in [4.78, 5) is 25.8. The molecule has 0 aliphatic heterocycles. The molecule has 2 rings (SSSR count). The van der Waals surface area contributed by atoms with Gasteiger partial charge in [0, 0.05) is 23.5 Å². The van der Waals surface area contributed by atoms with Gasteiger partial charge in [-0.05, 0) is 36.6 Å². The maximum atomic E-state index is 12.5. The van der Waals surface area contributed by atoms with Gasteiger partial charge >= 0.3 is 5.97 Å². The van der Waals surface area contributed by atoms with Crippen molar-refractivity contribution < 1.29 is 19.4 Å². The van der Waals surface area contributed by atoms with Gasteiger partial charge in [0.15, 0.2) is 0 Å². The van der Waals surface area contributed by atoms with E-state index in [4.69, 9.17) is 9.84 Å². The molecule has 0 atom stereocenters. The maximum absolute atomic E-state index is 12.5. The van der Waals surface area contributed by atoms with Gasteiger partial charge in [0.2, 0.25) is 0 Å². The number of carboxylic acid groups (broad SMARTS) is 1. The van der Waals surface area contributed by atoms with Crippen molar-refractivity contribution >= 4 is 23.2 Å². The number of hydrogen-bond donors (Lipinski definition) is 1. The third kappa shape index (κ3) is 5.10. The minimum absolute atomic E-state index is 0.0614. The molecular formula is C17H19NO4S. The summed E-state index contributed by atoms with van der Waals surface area (Å²) in [5, 5.41) is 10.7. The van der Waals surface area contributed by atoms with Gasteiger partial charge in [-0.15, -0.1) is 11.3 Å². The number of rotatable bonds is 8. The van der Waals surface area contributed by atoms with Crippen LogP contribution < -0.4 is 4.74 Å². The summed E-state index contributed by atoms with van der Waals surface area (Å²) >= 11 is 1.61. The first-order chi connectivity index (χ1) is 11.1. The van der Waals surface area contributed by atoms with Crippen molar-refractivity contribution in [2.45, 2.75) is 20.0 Å². The number of carbonyl (C=O) groups excluding carboxylic acids is 1. The fourth-order valence-electron chi connectivity index (χ4n) is 2.08. The van der Waals surface area contributed by atoms with Gasteiger partial charge in [-0.1, -0.05) is 12.1 Å². The van der Waals surface area contributed by atoms with Crippen molar-refractivity contribution in [3.05, 3.63) is 52.2 Å². The van der Waals surface area contributed by atoms with E-state index < -0.39 is 5.97 Å². The molecule has 122 valence electrons. The normalized spacial score (nSPS) is 10.3. The van der Waals surface area contributed by atoms with E-state index in [9.17, 15) is 9.59 Å². The van der Waals surface area contributed by atoms with Crippen LogP contribution in [0.2, 0.25) is 0 Å². The molecule has 0 aliphatic rings. The molecule has 0 fully saturated rings. The Labute approximate surface area is 139 Å². The molecule has 0 saturated heterocycles. The lowest BCUT2D eigenvalue weighted by atomic mass is 10.2. The summed E-state index contributed by atoms with van der Waals surface area (Å²) in [5.41, 5.74) is 0.501. The summed E-state index contributed by atoms with van der Waals surface area (Å²) in [6.07, 6.45) is -0.0614. The second-order valence-electron chi connectivity index (χ2n) is 4.92. The number of carbonyl (C=O) groups is 2. The molecule has 0 unspecified atom stereocenters. The highest BCUT2D eigenvalue weighted by molar-refractivity contribution is 7.09. The number of benzene rings is 1. The van der Waals surface area contributed by atoms with Crippen molar-refractivity contribution in [3.8, 4) is 5.75 Å². The molecule has 1 amide bonds. The minimum atomic E-state index is -0.913. The Bertz CT molecular complexity index is 654. The van der Waals surface area contributed by atoms with Gasteiger partial charge in [0.1, 0.15) is 12.4 Å². The smallest absolute Gasteiger partial charge is 0.305 e. The lowest BCUT2D eigenvalue weighted by Crippen LogP contribution is -2.32. The molecule has 5 nitrogen and oxygen atoms in total. The zero-order valence-corrected chi connectivity index (χ0v) is 13.7. The van der Waals surface area contributed by atoms with Crippen LogP contribution in [-0.4, -0.2) is 35.0 Å². The van der Waals surface area contributed by atoms with Gasteiger partial charge in [0.25, 0.3) is 5.91 Å². The zero-order valence-electron chi connectivity index (χ0n) is 12.9. The van der Waals surface area contributed by atoms with E-state index in [1.165, 1.54) is 4.90 Å². The number of carboxylic acids is 1. The summed E-state index contributed by atoms with van der Waals surface area (Å²) in [6.45, 7) is 2.96. The quantitative estimate of drug-likeness (QED) is 0.805. The lowest BCUT2D eigenvalue weighted by molar-refractivity contribution is -0.137. The molecule has 0 radical (unpaired) electrons. The SMILES string of the molecule is CCN(CCC(=O)O)C(=O)c1cccc(OCc2cccs2)c1. The van der Waals surface area contributed by atoms with Crippen LogP contribution >= 0.6 is 11.3 Å². The minimum Gasteiger partial charge on any atom is -0.488 e. The van der Waals surface area contributed by atoms with Crippen LogP contribution in [0.25, 0.3) is 0 Å². The van der Waals surface area contributed by atoms with Crippen LogP contribution in [0, 0.1) is 0 Å². The largest absolute Gasteiger partial charge is 0.488 e. The van der Waals surface area contributed by atoms with E-state index in [1.54, 1.807) is 35.6 Å².